The van der Waals surface area contributed by atoms with Gasteiger partial charge in [0.15, 0.2) is 6.10 Å². The Morgan fingerprint density at radius 3 is 2.75 bits per heavy atom. The number of hydrogen-bond donors (Lipinski definition) is 2. The van der Waals surface area contributed by atoms with Crippen molar-refractivity contribution in [3.8, 4) is 0 Å². The maximum absolute atomic E-state index is 11.9. The Kier molecular flexibility index (Phi) is 6.31. The van der Waals surface area contributed by atoms with E-state index in [2.05, 4.69) is 5.32 Å². The molecule has 3 N–H and O–H groups in total. The van der Waals surface area contributed by atoms with E-state index in [1.165, 1.54) is 25.1 Å². The number of halogens is 1. The summed E-state index contributed by atoms with van der Waals surface area (Å²) in [6.45, 7) is 4.13. The number of amides is 1. The monoisotopic (exact) mass is 298 g/mol. The molecule has 0 aliphatic rings. The maximum atomic E-state index is 11.9. The molecule has 1 amide bonds. The highest BCUT2D eigenvalue weighted by Crippen LogP contribution is 2.20. The summed E-state index contributed by atoms with van der Waals surface area (Å²) in [5.74, 6) is -0.916. The van der Waals surface area contributed by atoms with Crippen LogP contribution in [0.2, 0.25) is 5.02 Å². The van der Waals surface area contributed by atoms with Crippen LogP contribution >= 0.6 is 11.6 Å². The van der Waals surface area contributed by atoms with Gasteiger partial charge < -0.3 is 15.8 Å². The Hall–Kier alpha value is -1.75. The number of esters is 1. The van der Waals surface area contributed by atoms with Crippen LogP contribution in [0.1, 0.15) is 37.0 Å². The van der Waals surface area contributed by atoms with Gasteiger partial charge in [-0.05, 0) is 31.5 Å². The third-order valence-corrected chi connectivity index (χ3v) is 3.06. The number of anilines is 1. The van der Waals surface area contributed by atoms with Crippen molar-refractivity contribution < 1.29 is 14.3 Å². The van der Waals surface area contributed by atoms with Gasteiger partial charge in [0, 0.05) is 6.54 Å². The highest BCUT2D eigenvalue weighted by Gasteiger charge is 2.18. The van der Waals surface area contributed by atoms with Crippen LogP contribution in [0, 0.1) is 0 Å². The third-order valence-electron chi connectivity index (χ3n) is 2.71. The molecule has 1 rings (SSSR count). The van der Waals surface area contributed by atoms with Gasteiger partial charge in [-0.2, -0.15) is 0 Å². The number of nitrogen functional groups attached to an aromatic ring is 1. The van der Waals surface area contributed by atoms with Crippen molar-refractivity contribution in [1.82, 2.24) is 5.32 Å². The number of carbonyl (C=O) groups is 2. The number of carbonyl (C=O) groups excluding carboxylic acids is 2. The van der Waals surface area contributed by atoms with Crippen LogP contribution in [0.15, 0.2) is 18.2 Å². The normalized spacial score (nSPS) is 11.8. The molecule has 0 aliphatic carbocycles. The largest absolute Gasteiger partial charge is 0.449 e. The second-order valence-corrected chi connectivity index (χ2v) is 4.84. The lowest BCUT2D eigenvalue weighted by atomic mass is 10.2. The van der Waals surface area contributed by atoms with Gasteiger partial charge in [0.25, 0.3) is 5.91 Å². The zero-order valence-corrected chi connectivity index (χ0v) is 12.4. The van der Waals surface area contributed by atoms with Crippen LogP contribution in [0.5, 0.6) is 0 Å². The van der Waals surface area contributed by atoms with Crippen molar-refractivity contribution in [2.24, 2.45) is 0 Å². The molecule has 0 radical (unpaired) electrons. The van der Waals surface area contributed by atoms with E-state index in [1.807, 2.05) is 6.92 Å². The molecular formula is C14H19ClN2O3. The van der Waals surface area contributed by atoms with Crippen LogP contribution < -0.4 is 11.1 Å². The average molecular weight is 299 g/mol. The van der Waals surface area contributed by atoms with Gasteiger partial charge in [0.2, 0.25) is 0 Å². The van der Waals surface area contributed by atoms with Crippen LogP contribution in [0.3, 0.4) is 0 Å². The molecule has 0 saturated carbocycles. The van der Waals surface area contributed by atoms with E-state index in [0.29, 0.717) is 17.3 Å². The van der Waals surface area contributed by atoms with E-state index in [1.54, 1.807) is 0 Å². The molecule has 5 nitrogen and oxygen atoms in total. The summed E-state index contributed by atoms with van der Waals surface area (Å²) in [5, 5.41) is 3.07. The first kappa shape index (κ1) is 16.3. The van der Waals surface area contributed by atoms with Crippen LogP contribution in [-0.2, 0) is 9.53 Å². The summed E-state index contributed by atoms with van der Waals surface area (Å²) in [7, 11) is 0. The molecule has 6 heteroatoms. The van der Waals surface area contributed by atoms with Gasteiger partial charge in [-0.25, -0.2) is 4.79 Å². The molecule has 0 aliphatic heterocycles. The predicted molar refractivity (Wildman–Crippen MR) is 78.7 cm³/mol. The summed E-state index contributed by atoms with van der Waals surface area (Å²) in [6.07, 6.45) is 1.02. The third kappa shape index (κ3) is 4.74. The van der Waals surface area contributed by atoms with Gasteiger partial charge in [0.1, 0.15) is 0 Å². The first-order valence-corrected chi connectivity index (χ1v) is 6.87. The maximum Gasteiger partial charge on any atom is 0.338 e. The fraction of sp³-hybridized carbons (Fsp3) is 0.429. The Labute approximate surface area is 123 Å². The Balaban J connectivity index is 2.56. The van der Waals surface area contributed by atoms with Crippen LogP contribution in [0.25, 0.3) is 0 Å². The smallest absolute Gasteiger partial charge is 0.338 e. The minimum Gasteiger partial charge on any atom is -0.449 e. The highest BCUT2D eigenvalue weighted by molar-refractivity contribution is 6.33. The van der Waals surface area contributed by atoms with Gasteiger partial charge in [-0.1, -0.05) is 24.9 Å². The molecule has 0 heterocycles. The highest BCUT2D eigenvalue weighted by atomic mass is 35.5. The fourth-order valence-corrected chi connectivity index (χ4v) is 1.60. The van der Waals surface area contributed by atoms with Crippen molar-refractivity contribution in [3.63, 3.8) is 0 Å². The lowest BCUT2D eigenvalue weighted by Crippen LogP contribution is -2.36. The van der Waals surface area contributed by atoms with Crippen LogP contribution in [-0.4, -0.2) is 24.5 Å². The lowest BCUT2D eigenvalue weighted by molar-refractivity contribution is -0.129. The van der Waals surface area contributed by atoms with Crippen molar-refractivity contribution >= 4 is 29.2 Å². The number of unbranched alkanes of at least 4 members (excludes halogenated alkanes) is 1. The topological polar surface area (TPSA) is 81.4 Å². The van der Waals surface area contributed by atoms with Crippen LogP contribution in [0.4, 0.5) is 5.69 Å². The molecule has 110 valence electrons. The number of nitrogens with one attached hydrogen (secondary N) is 1. The van der Waals surface area contributed by atoms with E-state index in [4.69, 9.17) is 22.1 Å². The number of nitrogens with two attached hydrogens (primary N) is 1. The fourth-order valence-electron chi connectivity index (χ4n) is 1.48. The second kappa shape index (κ2) is 7.75. The summed E-state index contributed by atoms with van der Waals surface area (Å²) in [4.78, 5) is 23.5. The Morgan fingerprint density at radius 1 is 1.45 bits per heavy atom. The van der Waals surface area contributed by atoms with Gasteiger partial charge >= 0.3 is 5.97 Å². The molecule has 1 aromatic rings. The zero-order chi connectivity index (χ0) is 15.1. The minimum absolute atomic E-state index is 0.264. The van der Waals surface area contributed by atoms with E-state index in [9.17, 15) is 9.59 Å². The summed E-state index contributed by atoms with van der Waals surface area (Å²) >= 11 is 5.77. The summed E-state index contributed by atoms with van der Waals surface area (Å²) in [5.41, 5.74) is 6.17. The molecule has 0 spiro atoms. The van der Waals surface area contributed by atoms with Gasteiger partial charge in [0.05, 0.1) is 16.3 Å². The van der Waals surface area contributed by atoms with Crippen molar-refractivity contribution in [2.75, 3.05) is 12.3 Å². The van der Waals surface area contributed by atoms with Gasteiger partial charge in [-0.3, -0.25) is 4.79 Å². The molecule has 1 unspecified atom stereocenters. The zero-order valence-electron chi connectivity index (χ0n) is 11.6. The minimum atomic E-state index is -0.851. The molecule has 20 heavy (non-hydrogen) atoms. The summed E-state index contributed by atoms with van der Waals surface area (Å²) in [6, 6.07) is 4.44. The molecule has 1 atom stereocenters. The predicted octanol–water partition coefficient (Wildman–Crippen LogP) is 2.38. The first-order chi connectivity index (χ1) is 9.45. The Bertz CT molecular complexity index is 491. The molecular weight excluding hydrogens is 280 g/mol. The van der Waals surface area contributed by atoms with E-state index >= 15 is 0 Å². The molecule has 0 aromatic heterocycles. The number of hydrogen-bond acceptors (Lipinski definition) is 4. The molecule has 0 saturated heterocycles. The molecule has 0 bridgehead atoms. The quantitative estimate of drug-likeness (QED) is 0.480. The first-order valence-electron chi connectivity index (χ1n) is 6.49. The van der Waals surface area contributed by atoms with E-state index < -0.39 is 12.1 Å². The number of benzene rings is 1. The van der Waals surface area contributed by atoms with Crippen molar-refractivity contribution in [3.05, 3.63) is 28.8 Å². The lowest BCUT2D eigenvalue weighted by Gasteiger charge is -2.13. The SMILES string of the molecule is CCCCNC(=O)C(C)OC(=O)c1ccc(Cl)c(N)c1. The molecule has 0 fully saturated rings. The van der Waals surface area contributed by atoms with Crippen molar-refractivity contribution in [2.45, 2.75) is 32.8 Å². The number of rotatable bonds is 6. The molecule has 1 aromatic carbocycles. The van der Waals surface area contributed by atoms with E-state index in [-0.39, 0.29) is 11.5 Å². The van der Waals surface area contributed by atoms with Crippen molar-refractivity contribution in [1.29, 1.82) is 0 Å². The van der Waals surface area contributed by atoms with Gasteiger partial charge in [-0.15, -0.1) is 0 Å². The van der Waals surface area contributed by atoms with E-state index in [0.717, 1.165) is 12.8 Å². The number of ether oxygens (including phenoxy) is 1. The average Bonchev–Trinajstić information content (AvgIpc) is 2.41. The Morgan fingerprint density at radius 2 is 2.15 bits per heavy atom. The standard InChI is InChI=1S/C14H19ClN2O3/c1-3-4-7-17-13(18)9(2)20-14(19)10-5-6-11(15)12(16)8-10/h5-6,8-9H,3-4,7,16H2,1-2H3,(H,17,18). The summed E-state index contributed by atoms with van der Waals surface area (Å²) < 4.78 is 5.07. The second-order valence-electron chi connectivity index (χ2n) is 4.43.